The first-order chi connectivity index (χ1) is 7.53. The van der Waals surface area contributed by atoms with Crippen molar-refractivity contribution >= 4 is 0 Å². The number of ether oxygens (including phenoxy) is 2. The van der Waals surface area contributed by atoms with Crippen LogP contribution in [0.5, 0.6) is 0 Å². The lowest BCUT2D eigenvalue weighted by molar-refractivity contribution is -0.00138. The Bertz CT molecular complexity index is 189. The summed E-state index contributed by atoms with van der Waals surface area (Å²) >= 11 is 0. The molecule has 0 amide bonds. The molecule has 1 heterocycles. The zero-order valence-electron chi connectivity index (χ0n) is 11.2. The molecule has 2 unspecified atom stereocenters. The molecule has 96 valence electrons. The quantitative estimate of drug-likeness (QED) is 0.708. The summed E-state index contributed by atoms with van der Waals surface area (Å²) in [5, 5.41) is 3.46. The van der Waals surface area contributed by atoms with Crippen LogP contribution in [0.4, 0.5) is 0 Å². The highest BCUT2D eigenvalue weighted by atomic mass is 16.5. The molecule has 0 bridgehead atoms. The van der Waals surface area contributed by atoms with Crippen molar-refractivity contribution in [2.75, 3.05) is 26.3 Å². The first kappa shape index (κ1) is 13.9. The van der Waals surface area contributed by atoms with Crippen LogP contribution in [0, 0.1) is 5.92 Å². The van der Waals surface area contributed by atoms with E-state index in [1.807, 2.05) is 0 Å². The lowest BCUT2D eigenvalue weighted by Gasteiger charge is -2.21. The van der Waals surface area contributed by atoms with Gasteiger partial charge in [-0.25, -0.2) is 0 Å². The first-order valence-electron chi connectivity index (χ1n) is 6.49. The van der Waals surface area contributed by atoms with Crippen molar-refractivity contribution in [3.05, 3.63) is 0 Å². The molecular formula is C13H27NO2. The molecule has 3 nitrogen and oxygen atoms in total. The second-order valence-electron chi connectivity index (χ2n) is 5.53. The molecule has 3 heteroatoms. The molecule has 0 saturated carbocycles. The Labute approximate surface area is 99.9 Å². The zero-order chi connectivity index (χ0) is 12.0. The molecule has 0 aromatic heterocycles. The number of rotatable bonds is 6. The minimum absolute atomic E-state index is 0.0237. The fourth-order valence-corrected chi connectivity index (χ4v) is 2.09. The first-order valence-corrected chi connectivity index (χ1v) is 6.49. The molecule has 16 heavy (non-hydrogen) atoms. The maximum atomic E-state index is 5.65. The van der Waals surface area contributed by atoms with Crippen LogP contribution in [0.2, 0.25) is 0 Å². The number of nitrogens with one attached hydrogen (secondary N) is 1. The normalized spacial score (nSPS) is 26.2. The average molecular weight is 229 g/mol. The highest BCUT2D eigenvalue weighted by Crippen LogP contribution is 2.22. The van der Waals surface area contributed by atoms with E-state index in [9.17, 15) is 0 Å². The molecule has 1 aliphatic rings. The summed E-state index contributed by atoms with van der Waals surface area (Å²) in [6.07, 6.45) is 2.80. The van der Waals surface area contributed by atoms with Gasteiger partial charge in [0.05, 0.1) is 18.3 Å². The van der Waals surface area contributed by atoms with Gasteiger partial charge in [0.2, 0.25) is 0 Å². The molecule has 1 rings (SSSR count). The van der Waals surface area contributed by atoms with E-state index in [0.717, 1.165) is 32.7 Å². The van der Waals surface area contributed by atoms with Crippen LogP contribution in [-0.2, 0) is 9.47 Å². The maximum Gasteiger partial charge on any atom is 0.0613 e. The Morgan fingerprint density at radius 1 is 1.38 bits per heavy atom. The summed E-state index contributed by atoms with van der Waals surface area (Å²) in [7, 11) is 0. The molecular weight excluding hydrogens is 202 g/mol. The molecule has 0 aliphatic carbocycles. The fourth-order valence-electron chi connectivity index (χ4n) is 2.09. The average Bonchev–Trinajstić information content (AvgIpc) is 2.63. The molecule has 0 spiro atoms. The molecule has 0 aromatic rings. The van der Waals surface area contributed by atoms with E-state index in [-0.39, 0.29) is 5.60 Å². The molecule has 1 saturated heterocycles. The third-order valence-electron chi connectivity index (χ3n) is 2.97. The van der Waals surface area contributed by atoms with Gasteiger partial charge in [-0.1, -0.05) is 6.92 Å². The SMILES string of the molecule is CCC1OCCC1CNCCOC(C)(C)C. The second-order valence-corrected chi connectivity index (χ2v) is 5.53. The highest BCUT2D eigenvalue weighted by molar-refractivity contribution is 4.76. The standard InChI is InChI=1S/C13H27NO2/c1-5-12-11(6-8-15-12)10-14-7-9-16-13(2,3)4/h11-12,14H,5-10H2,1-4H3. The van der Waals surface area contributed by atoms with Crippen molar-refractivity contribution in [2.45, 2.75) is 52.2 Å². The Kier molecular flexibility index (Phi) is 5.73. The number of hydrogen-bond acceptors (Lipinski definition) is 3. The molecule has 1 N–H and O–H groups in total. The fraction of sp³-hybridized carbons (Fsp3) is 1.00. The van der Waals surface area contributed by atoms with E-state index in [4.69, 9.17) is 9.47 Å². The van der Waals surface area contributed by atoms with Gasteiger partial charge in [-0.15, -0.1) is 0 Å². The molecule has 2 atom stereocenters. The van der Waals surface area contributed by atoms with Crippen LogP contribution in [0.25, 0.3) is 0 Å². The van der Waals surface area contributed by atoms with Gasteiger partial charge in [0.25, 0.3) is 0 Å². The van der Waals surface area contributed by atoms with Crippen LogP contribution in [0.3, 0.4) is 0 Å². The minimum Gasteiger partial charge on any atom is -0.378 e. The smallest absolute Gasteiger partial charge is 0.0613 e. The van der Waals surface area contributed by atoms with Gasteiger partial charge in [0.1, 0.15) is 0 Å². The third-order valence-corrected chi connectivity index (χ3v) is 2.97. The Morgan fingerprint density at radius 2 is 2.12 bits per heavy atom. The molecule has 1 aliphatic heterocycles. The van der Waals surface area contributed by atoms with E-state index < -0.39 is 0 Å². The highest BCUT2D eigenvalue weighted by Gasteiger charge is 2.25. The summed E-state index contributed by atoms with van der Waals surface area (Å²) in [4.78, 5) is 0. The molecule has 1 fully saturated rings. The van der Waals surface area contributed by atoms with E-state index in [1.54, 1.807) is 0 Å². The molecule has 0 radical (unpaired) electrons. The monoisotopic (exact) mass is 229 g/mol. The van der Waals surface area contributed by atoms with Gasteiger partial charge >= 0.3 is 0 Å². The topological polar surface area (TPSA) is 30.5 Å². The summed E-state index contributed by atoms with van der Waals surface area (Å²) < 4.78 is 11.3. The Hall–Kier alpha value is -0.120. The van der Waals surface area contributed by atoms with E-state index >= 15 is 0 Å². The van der Waals surface area contributed by atoms with Crippen molar-refractivity contribution in [1.29, 1.82) is 0 Å². The zero-order valence-corrected chi connectivity index (χ0v) is 11.2. The van der Waals surface area contributed by atoms with Crippen LogP contribution >= 0.6 is 0 Å². The van der Waals surface area contributed by atoms with Gasteiger partial charge < -0.3 is 14.8 Å². The summed E-state index contributed by atoms with van der Waals surface area (Å²) in [5.74, 6) is 0.694. The maximum absolute atomic E-state index is 5.65. The van der Waals surface area contributed by atoms with Gasteiger partial charge in [-0.2, -0.15) is 0 Å². The van der Waals surface area contributed by atoms with Crippen molar-refractivity contribution < 1.29 is 9.47 Å². The van der Waals surface area contributed by atoms with Crippen molar-refractivity contribution in [1.82, 2.24) is 5.32 Å². The van der Waals surface area contributed by atoms with Gasteiger partial charge in [0, 0.05) is 19.7 Å². The Balaban J connectivity index is 2.03. The van der Waals surface area contributed by atoms with E-state index in [2.05, 4.69) is 33.0 Å². The van der Waals surface area contributed by atoms with Crippen LogP contribution < -0.4 is 5.32 Å². The lowest BCUT2D eigenvalue weighted by Crippen LogP contribution is -2.32. The van der Waals surface area contributed by atoms with Crippen molar-refractivity contribution in [3.63, 3.8) is 0 Å². The summed E-state index contributed by atoms with van der Waals surface area (Å²) in [6, 6.07) is 0. The largest absolute Gasteiger partial charge is 0.378 e. The number of hydrogen-bond donors (Lipinski definition) is 1. The second kappa shape index (κ2) is 6.58. The molecule has 0 aromatic carbocycles. The van der Waals surface area contributed by atoms with Crippen LogP contribution in [0.1, 0.15) is 40.5 Å². The van der Waals surface area contributed by atoms with Crippen molar-refractivity contribution in [2.24, 2.45) is 5.92 Å². The van der Waals surface area contributed by atoms with Gasteiger partial charge in [0.15, 0.2) is 0 Å². The summed E-state index contributed by atoms with van der Waals surface area (Å²) in [5.41, 5.74) is -0.0237. The van der Waals surface area contributed by atoms with Crippen molar-refractivity contribution in [3.8, 4) is 0 Å². The van der Waals surface area contributed by atoms with E-state index in [1.165, 1.54) is 6.42 Å². The minimum atomic E-state index is -0.0237. The third kappa shape index (κ3) is 5.28. The van der Waals surface area contributed by atoms with E-state index in [0.29, 0.717) is 12.0 Å². The Morgan fingerprint density at radius 3 is 2.75 bits per heavy atom. The van der Waals surface area contributed by atoms with Crippen LogP contribution in [0.15, 0.2) is 0 Å². The predicted molar refractivity (Wildman–Crippen MR) is 66.7 cm³/mol. The lowest BCUT2D eigenvalue weighted by atomic mass is 10.00. The predicted octanol–water partition coefficient (Wildman–Crippen LogP) is 2.21. The van der Waals surface area contributed by atoms with Gasteiger partial charge in [-0.3, -0.25) is 0 Å². The van der Waals surface area contributed by atoms with Crippen LogP contribution in [-0.4, -0.2) is 38.0 Å². The summed E-state index contributed by atoms with van der Waals surface area (Å²) in [6.45, 7) is 12.2. The van der Waals surface area contributed by atoms with Gasteiger partial charge in [-0.05, 0) is 39.5 Å².